The fraction of sp³-hybridized carbons (Fsp3) is 0.143. The monoisotopic (exact) mass is 256 g/mol. The Kier molecular flexibility index (Phi) is 3.14. The molecule has 0 atom stereocenters. The third-order valence-corrected chi connectivity index (χ3v) is 3.21. The standard InChI is InChI=1S/C7H6Cl2O4S/c1-13-6-3-4(14(9,11)12)2-5(10)7(6)8/h2-3,10H,1H3. The number of benzene rings is 1. The van der Waals surface area contributed by atoms with E-state index >= 15 is 0 Å². The summed E-state index contributed by atoms with van der Waals surface area (Å²) in [5, 5.41) is 9.18. The smallest absolute Gasteiger partial charge is 0.261 e. The van der Waals surface area contributed by atoms with Crippen LogP contribution in [-0.4, -0.2) is 20.6 Å². The molecule has 0 radical (unpaired) electrons. The maximum absolute atomic E-state index is 10.9. The van der Waals surface area contributed by atoms with Crippen LogP contribution < -0.4 is 4.74 Å². The minimum atomic E-state index is -3.90. The highest BCUT2D eigenvalue weighted by Gasteiger charge is 2.16. The van der Waals surface area contributed by atoms with E-state index in [2.05, 4.69) is 0 Å². The number of methoxy groups -OCH3 is 1. The third kappa shape index (κ3) is 2.23. The Morgan fingerprint density at radius 2 is 2.00 bits per heavy atom. The molecule has 0 fully saturated rings. The van der Waals surface area contributed by atoms with Gasteiger partial charge < -0.3 is 9.84 Å². The van der Waals surface area contributed by atoms with Crippen LogP contribution in [0.25, 0.3) is 0 Å². The molecule has 0 spiro atoms. The van der Waals surface area contributed by atoms with Gasteiger partial charge in [-0.3, -0.25) is 0 Å². The normalized spacial score (nSPS) is 11.4. The van der Waals surface area contributed by atoms with Gasteiger partial charge in [0.15, 0.2) is 0 Å². The number of phenols is 1. The molecule has 0 bridgehead atoms. The first kappa shape index (κ1) is 11.4. The maximum atomic E-state index is 10.9. The Morgan fingerprint density at radius 3 is 2.43 bits per heavy atom. The van der Waals surface area contributed by atoms with Crippen molar-refractivity contribution in [2.45, 2.75) is 4.90 Å². The molecular weight excluding hydrogens is 251 g/mol. The predicted octanol–water partition coefficient (Wildman–Crippen LogP) is 1.98. The highest BCUT2D eigenvalue weighted by Crippen LogP contribution is 2.36. The van der Waals surface area contributed by atoms with Crippen molar-refractivity contribution >= 4 is 31.3 Å². The van der Waals surface area contributed by atoms with Crippen molar-refractivity contribution in [1.29, 1.82) is 0 Å². The molecule has 0 aliphatic rings. The zero-order chi connectivity index (χ0) is 10.9. The summed E-state index contributed by atoms with van der Waals surface area (Å²) >= 11 is 5.60. The van der Waals surface area contributed by atoms with Crippen molar-refractivity contribution in [1.82, 2.24) is 0 Å². The van der Waals surface area contributed by atoms with Crippen molar-refractivity contribution in [3.05, 3.63) is 17.2 Å². The van der Waals surface area contributed by atoms with Gasteiger partial charge in [0.05, 0.1) is 12.0 Å². The molecule has 0 aliphatic heterocycles. The van der Waals surface area contributed by atoms with Crippen LogP contribution in [-0.2, 0) is 9.05 Å². The van der Waals surface area contributed by atoms with Crippen LogP contribution in [0.2, 0.25) is 5.02 Å². The number of rotatable bonds is 2. The first-order valence-electron chi connectivity index (χ1n) is 3.37. The topological polar surface area (TPSA) is 63.6 Å². The summed E-state index contributed by atoms with van der Waals surface area (Å²) in [6, 6.07) is 2.08. The van der Waals surface area contributed by atoms with Crippen molar-refractivity contribution in [2.75, 3.05) is 7.11 Å². The second-order valence-corrected chi connectivity index (χ2v) is 5.34. The van der Waals surface area contributed by atoms with Crippen molar-refractivity contribution in [3.63, 3.8) is 0 Å². The van der Waals surface area contributed by atoms with Crippen LogP contribution in [0.5, 0.6) is 11.5 Å². The molecule has 1 N–H and O–H groups in total. The minimum absolute atomic E-state index is 0.0471. The molecule has 0 saturated heterocycles. The van der Waals surface area contributed by atoms with E-state index in [0.29, 0.717) is 0 Å². The van der Waals surface area contributed by atoms with Gasteiger partial charge in [0.25, 0.3) is 9.05 Å². The van der Waals surface area contributed by atoms with Crippen LogP contribution in [0, 0.1) is 0 Å². The van der Waals surface area contributed by atoms with Gasteiger partial charge in [0.2, 0.25) is 0 Å². The Balaban J connectivity index is 3.46. The van der Waals surface area contributed by atoms with Crippen LogP contribution in [0.3, 0.4) is 0 Å². The van der Waals surface area contributed by atoms with Gasteiger partial charge in [0, 0.05) is 22.8 Å². The van der Waals surface area contributed by atoms with E-state index < -0.39 is 14.8 Å². The summed E-state index contributed by atoms with van der Waals surface area (Å²) < 4.78 is 26.6. The molecule has 14 heavy (non-hydrogen) atoms. The number of ether oxygens (including phenoxy) is 1. The molecule has 0 heterocycles. The molecular formula is C7H6Cl2O4S. The number of halogens is 2. The zero-order valence-electron chi connectivity index (χ0n) is 6.99. The van der Waals surface area contributed by atoms with E-state index in [0.717, 1.165) is 12.1 Å². The zero-order valence-corrected chi connectivity index (χ0v) is 9.32. The van der Waals surface area contributed by atoms with Gasteiger partial charge in [-0.1, -0.05) is 11.6 Å². The summed E-state index contributed by atoms with van der Waals surface area (Å²) in [6.07, 6.45) is 0. The van der Waals surface area contributed by atoms with E-state index in [1.54, 1.807) is 0 Å². The first-order valence-corrected chi connectivity index (χ1v) is 6.06. The van der Waals surface area contributed by atoms with Crippen molar-refractivity contribution in [3.8, 4) is 11.5 Å². The summed E-state index contributed by atoms with van der Waals surface area (Å²) in [7, 11) is 2.47. The van der Waals surface area contributed by atoms with E-state index in [4.69, 9.17) is 27.0 Å². The highest BCUT2D eigenvalue weighted by molar-refractivity contribution is 8.13. The number of phenolic OH excluding ortho intramolecular Hbond substituents is 1. The maximum Gasteiger partial charge on any atom is 0.261 e. The lowest BCUT2D eigenvalue weighted by Crippen LogP contribution is -1.93. The molecule has 0 aliphatic carbocycles. The van der Waals surface area contributed by atoms with Gasteiger partial charge in [0.1, 0.15) is 16.5 Å². The average molecular weight is 257 g/mol. The third-order valence-electron chi connectivity index (χ3n) is 1.49. The number of aromatic hydroxyl groups is 1. The lowest BCUT2D eigenvalue weighted by Gasteiger charge is -2.06. The first-order chi connectivity index (χ1) is 6.36. The van der Waals surface area contributed by atoms with E-state index in [1.165, 1.54) is 7.11 Å². The Morgan fingerprint density at radius 1 is 1.43 bits per heavy atom. The van der Waals surface area contributed by atoms with Gasteiger partial charge in [-0.15, -0.1) is 0 Å². The number of hydrogen-bond acceptors (Lipinski definition) is 4. The van der Waals surface area contributed by atoms with Gasteiger partial charge in [-0.25, -0.2) is 8.42 Å². The van der Waals surface area contributed by atoms with E-state index in [1.807, 2.05) is 0 Å². The fourth-order valence-electron chi connectivity index (χ4n) is 0.848. The summed E-state index contributed by atoms with van der Waals surface area (Å²) in [5.41, 5.74) is 0. The van der Waals surface area contributed by atoms with Gasteiger partial charge in [-0.2, -0.15) is 0 Å². The molecule has 0 aromatic heterocycles. The molecule has 0 saturated carbocycles. The quantitative estimate of drug-likeness (QED) is 0.823. The molecule has 0 unspecified atom stereocenters. The van der Waals surface area contributed by atoms with E-state index in [-0.39, 0.29) is 15.7 Å². The van der Waals surface area contributed by atoms with Crippen LogP contribution in [0.15, 0.2) is 17.0 Å². The highest BCUT2D eigenvalue weighted by atomic mass is 35.7. The van der Waals surface area contributed by atoms with Crippen LogP contribution in [0.1, 0.15) is 0 Å². The van der Waals surface area contributed by atoms with Gasteiger partial charge >= 0.3 is 0 Å². The van der Waals surface area contributed by atoms with Crippen molar-refractivity contribution in [2.24, 2.45) is 0 Å². The van der Waals surface area contributed by atoms with Crippen LogP contribution in [0.4, 0.5) is 0 Å². The molecule has 78 valence electrons. The number of hydrogen-bond donors (Lipinski definition) is 1. The molecule has 7 heteroatoms. The second kappa shape index (κ2) is 3.84. The summed E-state index contributed by atoms with van der Waals surface area (Å²) in [5.74, 6) is -0.351. The lowest BCUT2D eigenvalue weighted by atomic mass is 10.3. The van der Waals surface area contributed by atoms with Crippen molar-refractivity contribution < 1.29 is 18.3 Å². The Bertz CT molecular complexity index is 455. The molecule has 1 aromatic carbocycles. The lowest BCUT2D eigenvalue weighted by molar-refractivity contribution is 0.406. The van der Waals surface area contributed by atoms with E-state index in [9.17, 15) is 13.5 Å². The molecule has 1 rings (SSSR count). The van der Waals surface area contributed by atoms with Gasteiger partial charge in [-0.05, 0) is 0 Å². The second-order valence-electron chi connectivity index (χ2n) is 2.40. The molecule has 4 nitrogen and oxygen atoms in total. The largest absolute Gasteiger partial charge is 0.506 e. The SMILES string of the molecule is COc1cc(S(=O)(=O)Cl)cc(O)c1Cl. The average Bonchev–Trinajstić information content (AvgIpc) is 2.07. The fourth-order valence-corrected chi connectivity index (χ4v) is 1.80. The Hall–Kier alpha value is -0.650. The predicted molar refractivity (Wildman–Crippen MR) is 52.7 cm³/mol. The molecule has 0 amide bonds. The Labute approximate surface area is 90.4 Å². The van der Waals surface area contributed by atoms with Crippen LogP contribution >= 0.6 is 22.3 Å². The summed E-state index contributed by atoms with van der Waals surface area (Å²) in [6.45, 7) is 0. The summed E-state index contributed by atoms with van der Waals surface area (Å²) in [4.78, 5) is -0.266. The molecule has 1 aromatic rings. The minimum Gasteiger partial charge on any atom is -0.506 e.